The van der Waals surface area contributed by atoms with Gasteiger partial charge in [-0.2, -0.15) is 0 Å². The highest BCUT2D eigenvalue weighted by Crippen LogP contribution is 2.26. The van der Waals surface area contributed by atoms with E-state index in [1.807, 2.05) is 25.1 Å². The molecule has 1 saturated heterocycles. The Hall–Kier alpha value is -2.34. The zero-order valence-corrected chi connectivity index (χ0v) is 15.6. The van der Waals surface area contributed by atoms with E-state index in [4.69, 9.17) is 4.74 Å². The van der Waals surface area contributed by atoms with Gasteiger partial charge in [0, 0.05) is 36.2 Å². The number of pyridine rings is 1. The van der Waals surface area contributed by atoms with E-state index in [1.54, 1.807) is 17.7 Å². The van der Waals surface area contributed by atoms with E-state index in [1.165, 1.54) is 19.3 Å². The van der Waals surface area contributed by atoms with Crippen molar-refractivity contribution in [2.45, 2.75) is 39.2 Å². The number of aromatic nitrogens is 1. The summed E-state index contributed by atoms with van der Waals surface area (Å²) in [5, 5.41) is 13.7. The molecule has 1 N–H and O–H groups in total. The summed E-state index contributed by atoms with van der Waals surface area (Å²) in [4.78, 5) is 15.0. The topological polar surface area (TPSA) is 67.1 Å². The van der Waals surface area contributed by atoms with Crippen LogP contribution in [0.15, 0.2) is 34.2 Å². The van der Waals surface area contributed by atoms with Crippen molar-refractivity contribution in [3.8, 4) is 5.75 Å². The Bertz CT molecular complexity index is 851. The summed E-state index contributed by atoms with van der Waals surface area (Å²) in [5.41, 5.74) is 2.18. The van der Waals surface area contributed by atoms with Gasteiger partial charge in [0.25, 0.3) is 5.56 Å². The molecule has 0 bridgehead atoms. The number of likely N-dealkylation sites (tertiary alicyclic amines) is 1. The van der Waals surface area contributed by atoms with E-state index < -0.39 is 0 Å². The van der Waals surface area contributed by atoms with Gasteiger partial charge in [0.2, 0.25) is 0 Å². The molecule has 1 aliphatic heterocycles. The number of benzene rings is 1. The molecule has 0 spiro atoms. The number of hydrogen-bond acceptors (Lipinski definition) is 5. The molecule has 0 atom stereocenters. The van der Waals surface area contributed by atoms with E-state index in [0.717, 1.165) is 36.1 Å². The lowest BCUT2D eigenvalue weighted by Crippen LogP contribution is -2.34. The number of hydrogen-bond donors (Lipinski definition) is 1. The second kappa shape index (κ2) is 8.36. The molecule has 0 unspecified atom stereocenters. The highest BCUT2D eigenvalue weighted by molar-refractivity contribution is 6.10. The number of methoxy groups -OCH3 is 1. The average Bonchev–Trinajstić information content (AvgIpc) is 2.68. The van der Waals surface area contributed by atoms with E-state index in [9.17, 15) is 10.0 Å². The maximum Gasteiger partial charge on any atom is 0.251 e. The predicted octanol–water partition coefficient (Wildman–Crippen LogP) is 3.08. The summed E-state index contributed by atoms with van der Waals surface area (Å²) in [5.74, 6) is 0.652. The van der Waals surface area contributed by atoms with Gasteiger partial charge < -0.3 is 19.4 Å². The summed E-state index contributed by atoms with van der Waals surface area (Å²) < 4.78 is 7.24. The van der Waals surface area contributed by atoms with Gasteiger partial charge in [-0.25, -0.2) is 0 Å². The Balaban J connectivity index is 2.05. The molecule has 140 valence electrons. The van der Waals surface area contributed by atoms with Gasteiger partial charge in [-0.15, -0.1) is 0 Å². The maximum atomic E-state index is 12.5. The first-order chi connectivity index (χ1) is 12.7. The Morgan fingerprint density at radius 2 is 1.96 bits per heavy atom. The lowest BCUT2D eigenvalue weighted by Gasteiger charge is -2.27. The second-order valence-corrected chi connectivity index (χ2v) is 6.73. The maximum absolute atomic E-state index is 12.5. The fourth-order valence-electron chi connectivity index (χ4n) is 3.70. The predicted molar refractivity (Wildman–Crippen MR) is 104 cm³/mol. The summed E-state index contributed by atoms with van der Waals surface area (Å²) in [7, 11) is 1.60. The summed E-state index contributed by atoms with van der Waals surface area (Å²) in [6, 6.07) is 7.16. The smallest absolute Gasteiger partial charge is 0.251 e. The van der Waals surface area contributed by atoms with Crippen molar-refractivity contribution in [1.29, 1.82) is 0 Å². The molecule has 26 heavy (non-hydrogen) atoms. The molecule has 1 fully saturated rings. The van der Waals surface area contributed by atoms with Crippen LogP contribution in [0.1, 0.15) is 38.2 Å². The van der Waals surface area contributed by atoms with Crippen LogP contribution in [-0.4, -0.2) is 47.1 Å². The SMILES string of the molecule is CCC(=NO)c1cc(OC)cc2c1ccc(=O)n2CCN1CCCCC1. The van der Waals surface area contributed by atoms with Crippen LogP contribution in [-0.2, 0) is 6.54 Å². The fraction of sp³-hybridized carbons (Fsp3) is 0.500. The van der Waals surface area contributed by atoms with Crippen LogP contribution in [0.25, 0.3) is 10.9 Å². The minimum absolute atomic E-state index is 0.0206. The van der Waals surface area contributed by atoms with Crippen molar-refractivity contribution in [3.63, 3.8) is 0 Å². The fourth-order valence-corrected chi connectivity index (χ4v) is 3.70. The van der Waals surface area contributed by atoms with E-state index in [2.05, 4.69) is 10.1 Å². The van der Waals surface area contributed by atoms with Gasteiger partial charge in [0.15, 0.2) is 0 Å². The standard InChI is InChI=1S/C20H27N3O3/c1-3-18(21-25)17-13-15(26-2)14-19-16(17)7-8-20(24)23(19)12-11-22-9-5-4-6-10-22/h7-8,13-14,25H,3-6,9-12H2,1-2H3. The number of oxime groups is 1. The summed E-state index contributed by atoms with van der Waals surface area (Å²) in [6.45, 7) is 5.64. The molecule has 0 radical (unpaired) electrons. The van der Waals surface area contributed by atoms with Gasteiger partial charge in [0.05, 0.1) is 18.3 Å². The van der Waals surface area contributed by atoms with Crippen molar-refractivity contribution in [1.82, 2.24) is 9.47 Å². The van der Waals surface area contributed by atoms with Crippen molar-refractivity contribution < 1.29 is 9.94 Å². The van der Waals surface area contributed by atoms with E-state index >= 15 is 0 Å². The number of ether oxygens (including phenoxy) is 1. The number of nitrogens with zero attached hydrogens (tertiary/aromatic N) is 3. The third-order valence-electron chi connectivity index (χ3n) is 5.17. The summed E-state index contributed by atoms with van der Waals surface area (Å²) >= 11 is 0. The third kappa shape index (κ3) is 3.75. The number of fused-ring (bicyclic) bond motifs is 1. The quantitative estimate of drug-likeness (QED) is 0.490. The van der Waals surface area contributed by atoms with Crippen LogP contribution in [0.4, 0.5) is 0 Å². The van der Waals surface area contributed by atoms with Crippen LogP contribution in [0.3, 0.4) is 0 Å². The first-order valence-corrected chi connectivity index (χ1v) is 9.33. The third-order valence-corrected chi connectivity index (χ3v) is 5.17. The van der Waals surface area contributed by atoms with E-state index in [-0.39, 0.29) is 5.56 Å². The molecular formula is C20H27N3O3. The molecule has 6 nitrogen and oxygen atoms in total. The normalized spacial score (nSPS) is 16.2. The van der Waals surface area contributed by atoms with Gasteiger partial charge >= 0.3 is 0 Å². The molecule has 3 rings (SSSR count). The molecule has 0 amide bonds. The molecule has 2 aromatic rings. The van der Waals surface area contributed by atoms with Gasteiger partial charge in [-0.05, 0) is 44.5 Å². The second-order valence-electron chi connectivity index (χ2n) is 6.73. The van der Waals surface area contributed by atoms with Crippen molar-refractivity contribution in [3.05, 3.63) is 40.2 Å². The molecule has 1 aromatic carbocycles. The Morgan fingerprint density at radius 1 is 1.19 bits per heavy atom. The lowest BCUT2D eigenvalue weighted by atomic mass is 10.0. The minimum atomic E-state index is -0.0206. The molecular weight excluding hydrogens is 330 g/mol. The highest BCUT2D eigenvalue weighted by Gasteiger charge is 2.15. The first kappa shape index (κ1) is 18.5. The lowest BCUT2D eigenvalue weighted by molar-refractivity contribution is 0.221. The monoisotopic (exact) mass is 357 g/mol. The van der Waals surface area contributed by atoms with Crippen molar-refractivity contribution in [2.75, 3.05) is 26.7 Å². The van der Waals surface area contributed by atoms with Crippen LogP contribution in [0, 0.1) is 0 Å². The molecule has 2 heterocycles. The zero-order chi connectivity index (χ0) is 18.5. The number of piperidine rings is 1. The van der Waals surface area contributed by atoms with E-state index in [0.29, 0.717) is 24.4 Å². The summed E-state index contributed by atoms with van der Waals surface area (Å²) in [6.07, 6.45) is 4.35. The van der Waals surface area contributed by atoms with Crippen LogP contribution in [0.2, 0.25) is 0 Å². The largest absolute Gasteiger partial charge is 0.497 e. The Morgan fingerprint density at radius 3 is 2.62 bits per heavy atom. The van der Waals surface area contributed by atoms with Gasteiger partial charge in [-0.1, -0.05) is 18.5 Å². The molecule has 1 aliphatic rings. The highest BCUT2D eigenvalue weighted by atomic mass is 16.5. The van der Waals surface area contributed by atoms with Crippen molar-refractivity contribution >= 4 is 16.6 Å². The average molecular weight is 357 g/mol. The van der Waals surface area contributed by atoms with Crippen LogP contribution >= 0.6 is 0 Å². The molecule has 0 aliphatic carbocycles. The zero-order valence-electron chi connectivity index (χ0n) is 15.6. The molecule has 1 aromatic heterocycles. The van der Waals surface area contributed by atoms with Gasteiger partial charge in [0.1, 0.15) is 5.75 Å². The number of rotatable bonds is 6. The van der Waals surface area contributed by atoms with Crippen LogP contribution in [0.5, 0.6) is 5.75 Å². The van der Waals surface area contributed by atoms with Gasteiger partial charge in [-0.3, -0.25) is 4.79 Å². The first-order valence-electron chi connectivity index (χ1n) is 9.33. The minimum Gasteiger partial charge on any atom is -0.497 e. The van der Waals surface area contributed by atoms with Crippen molar-refractivity contribution in [2.24, 2.45) is 5.16 Å². The van der Waals surface area contributed by atoms with Crippen LogP contribution < -0.4 is 10.3 Å². The Kier molecular flexibility index (Phi) is 5.93. The Labute approximate surface area is 153 Å². The molecule has 6 heteroatoms. The molecule has 0 saturated carbocycles.